The highest BCUT2D eigenvalue weighted by molar-refractivity contribution is 6.46. The summed E-state index contributed by atoms with van der Waals surface area (Å²) in [5, 5.41) is 3.71. The van der Waals surface area contributed by atoms with Crippen LogP contribution in [0, 0.1) is 0 Å². The summed E-state index contributed by atoms with van der Waals surface area (Å²) in [6.07, 6.45) is 0.980. The fourth-order valence-electron chi connectivity index (χ4n) is 5.94. The van der Waals surface area contributed by atoms with Crippen molar-refractivity contribution < 1.29 is 33.5 Å². The van der Waals surface area contributed by atoms with E-state index in [-0.39, 0.29) is 30.4 Å². The van der Waals surface area contributed by atoms with Crippen LogP contribution in [0.1, 0.15) is 70.5 Å². The Labute approximate surface area is 262 Å². The summed E-state index contributed by atoms with van der Waals surface area (Å²) in [5.74, 6) is -1.78. The number of Topliss-reactive ketones (excluding diaryl/α,β-unsaturated/α-hetero) is 2. The van der Waals surface area contributed by atoms with Gasteiger partial charge in [0, 0.05) is 49.6 Å². The highest BCUT2D eigenvalue weighted by Gasteiger charge is 2.37. The van der Waals surface area contributed by atoms with Crippen LogP contribution in [0.2, 0.25) is 0 Å². The predicted molar refractivity (Wildman–Crippen MR) is 169 cm³/mol. The molecule has 0 aromatic heterocycles. The van der Waals surface area contributed by atoms with Gasteiger partial charge < -0.3 is 14.3 Å². The van der Waals surface area contributed by atoms with Crippen molar-refractivity contribution in [2.45, 2.75) is 38.6 Å². The van der Waals surface area contributed by atoms with Gasteiger partial charge in [-0.05, 0) is 47.7 Å². The first-order valence-electron chi connectivity index (χ1n) is 14.9. The number of morpholine rings is 1. The Kier molecular flexibility index (Phi) is 9.51. The fraction of sp³-hybridized carbons (Fsp3) is 0.306. The highest BCUT2D eigenvalue weighted by atomic mass is 16.7. The third-order valence-corrected chi connectivity index (χ3v) is 8.35. The van der Waals surface area contributed by atoms with Crippen molar-refractivity contribution in [2.24, 2.45) is 5.16 Å². The Morgan fingerprint density at radius 3 is 2.31 bits per heavy atom. The maximum absolute atomic E-state index is 13.8. The number of rotatable bonds is 11. The fourth-order valence-corrected chi connectivity index (χ4v) is 5.94. The van der Waals surface area contributed by atoms with Crippen molar-refractivity contribution in [3.8, 4) is 11.1 Å². The van der Waals surface area contributed by atoms with Crippen LogP contribution in [0.4, 0.5) is 0 Å². The van der Waals surface area contributed by atoms with Gasteiger partial charge in [-0.3, -0.25) is 14.5 Å². The Balaban J connectivity index is 1.42. The van der Waals surface area contributed by atoms with Gasteiger partial charge >= 0.3 is 11.9 Å². The molecule has 232 valence electrons. The summed E-state index contributed by atoms with van der Waals surface area (Å²) in [6, 6.07) is 21.3. The Hall–Kier alpha value is -4.73. The molecule has 5 rings (SSSR count). The van der Waals surface area contributed by atoms with Crippen LogP contribution >= 0.6 is 0 Å². The van der Waals surface area contributed by atoms with Crippen molar-refractivity contribution in [1.29, 1.82) is 0 Å². The Morgan fingerprint density at radius 1 is 0.956 bits per heavy atom. The van der Waals surface area contributed by atoms with E-state index in [2.05, 4.69) is 28.8 Å². The van der Waals surface area contributed by atoms with E-state index in [9.17, 15) is 19.2 Å². The number of nitrogens with zero attached hydrogens (tertiary/aromatic N) is 2. The molecule has 3 aromatic carbocycles. The number of carbonyl (C=O) groups is 4. The molecular weight excluding hydrogens is 572 g/mol. The number of esters is 1. The lowest BCUT2D eigenvalue weighted by Gasteiger charge is -2.39. The summed E-state index contributed by atoms with van der Waals surface area (Å²) in [4.78, 5) is 56.8. The molecule has 0 radical (unpaired) electrons. The van der Waals surface area contributed by atoms with Gasteiger partial charge in [-0.15, -0.1) is 0 Å². The van der Waals surface area contributed by atoms with Crippen LogP contribution in [-0.2, 0) is 23.9 Å². The number of ether oxygens (including phenoxy) is 2. The predicted octanol–water partition coefficient (Wildman–Crippen LogP) is 5.36. The summed E-state index contributed by atoms with van der Waals surface area (Å²) < 4.78 is 10.5. The molecule has 2 aliphatic rings. The smallest absolute Gasteiger partial charge is 0.331 e. The zero-order valence-corrected chi connectivity index (χ0v) is 25.7. The molecule has 45 heavy (non-hydrogen) atoms. The largest absolute Gasteiger partial charge is 0.462 e. The van der Waals surface area contributed by atoms with E-state index in [1.807, 2.05) is 56.3 Å². The van der Waals surface area contributed by atoms with Gasteiger partial charge in [0.2, 0.25) is 5.78 Å². The molecule has 3 aromatic rings. The molecule has 0 amide bonds. The molecule has 0 saturated carbocycles. The van der Waals surface area contributed by atoms with Crippen molar-refractivity contribution in [3.05, 3.63) is 107 Å². The van der Waals surface area contributed by atoms with Crippen molar-refractivity contribution in [3.63, 3.8) is 0 Å². The normalized spacial score (nSPS) is 16.3. The monoisotopic (exact) mass is 608 g/mol. The van der Waals surface area contributed by atoms with Crippen molar-refractivity contribution >= 4 is 29.2 Å². The molecule has 0 spiro atoms. The molecule has 1 unspecified atom stereocenters. The number of carbonyl (C=O) groups excluding carboxylic acids is 4. The number of hydrogen-bond acceptors (Lipinski definition) is 9. The van der Waals surface area contributed by atoms with Crippen LogP contribution in [0.5, 0.6) is 0 Å². The second-order valence-electron chi connectivity index (χ2n) is 11.5. The van der Waals surface area contributed by atoms with Crippen LogP contribution in [-0.4, -0.2) is 72.6 Å². The molecule has 9 nitrogen and oxygen atoms in total. The molecule has 1 saturated heterocycles. The lowest BCUT2D eigenvalue weighted by atomic mass is 9.86. The average molecular weight is 609 g/mol. The van der Waals surface area contributed by atoms with Crippen molar-refractivity contribution in [2.75, 3.05) is 32.9 Å². The molecule has 1 heterocycles. The van der Waals surface area contributed by atoms with Gasteiger partial charge in [0.15, 0.2) is 5.78 Å². The van der Waals surface area contributed by atoms with Crippen LogP contribution in [0.3, 0.4) is 0 Å². The van der Waals surface area contributed by atoms with Gasteiger partial charge in [0.05, 0.1) is 25.4 Å². The molecule has 1 aliphatic heterocycles. The SMILES string of the molecule is C=CC(=O)OCC/C(=N\OC(C)=O)C(=O)c1ccc(C2c3ccccc3-c3cc(C(=O)C(C)(C)N4CCOCC4)ccc32)cc1. The third-order valence-electron chi connectivity index (χ3n) is 8.35. The second-order valence-corrected chi connectivity index (χ2v) is 11.5. The molecule has 0 N–H and O–H groups in total. The summed E-state index contributed by atoms with van der Waals surface area (Å²) in [7, 11) is 0. The molecule has 0 bridgehead atoms. The number of oxime groups is 1. The number of hydrogen-bond donors (Lipinski definition) is 0. The molecule has 1 atom stereocenters. The van der Waals surface area contributed by atoms with Crippen LogP contribution < -0.4 is 0 Å². The average Bonchev–Trinajstić information content (AvgIpc) is 3.39. The maximum Gasteiger partial charge on any atom is 0.331 e. The minimum atomic E-state index is -0.674. The summed E-state index contributed by atoms with van der Waals surface area (Å²) in [5.41, 5.74) is 5.56. The van der Waals surface area contributed by atoms with Crippen LogP contribution in [0.25, 0.3) is 11.1 Å². The molecule has 9 heteroatoms. The topological polar surface area (TPSA) is 112 Å². The second kappa shape index (κ2) is 13.5. The van der Waals surface area contributed by atoms with E-state index in [4.69, 9.17) is 14.3 Å². The first kappa shape index (κ1) is 31.7. The van der Waals surface area contributed by atoms with Crippen LogP contribution in [0.15, 0.2) is 84.5 Å². The molecular formula is C36H36N2O7. The van der Waals surface area contributed by atoms with E-state index in [0.717, 1.165) is 33.9 Å². The number of benzene rings is 3. The van der Waals surface area contributed by atoms with Gasteiger partial charge in [-0.2, -0.15) is 0 Å². The quantitative estimate of drug-likeness (QED) is 0.0559. The van der Waals surface area contributed by atoms with Gasteiger partial charge in [0.25, 0.3) is 0 Å². The highest BCUT2D eigenvalue weighted by Crippen LogP contribution is 2.48. The zero-order chi connectivity index (χ0) is 32.1. The summed E-state index contributed by atoms with van der Waals surface area (Å²) in [6.45, 7) is 11.0. The number of ketones is 2. The van der Waals surface area contributed by atoms with Gasteiger partial charge in [0.1, 0.15) is 5.71 Å². The molecule has 1 aliphatic carbocycles. The van der Waals surface area contributed by atoms with E-state index >= 15 is 0 Å². The standard InChI is InChI=1S/C36H36N2O7/c1-5-32(40)44-19-16-31(37-45-23(2)39)34(41)25-12-10-24(11-13-25)33-28-9-7-6-8-27(28)30-22-26(14-15-29(30)33)35(42)36(3,4)38-17-20-43-21-18-38/h5-15,22,33H,1,16-21H2,2-4H3/b37-31+. The van der Waals surface area contributed by atoms with E-state index in [1.165, 1.54) is 6.92 Å². The zero-order valence-electron chi connectivity index (χ0n) is 25.7. The summed E-state index contributed by atoms with van der Waals surface area (Å²) >= 11 is 0. The minimum absolute atomic E-state index is 0.0415. The third kappa shape index (κ3) is 6.69. The first-order chi connectivity index (χ1) is 21.6. The lowest BCUT2D eigenvalue weighted by Crippen LogP contribution is -2.54. The Morgan fingerprint density at radius 2 is 1.62 bits per heavy atom. The van der Waals surface area contributed by atoms with Crippen molar-refractivity contribution in [1.82, 2.24) is 4.90 Å². The van der Waals surface area contributed by atoms with E-state index < -0.39 is 23.3 Å². The first-order valence-corrected chi connectivity index (χ1v) is 14.9. The Bertz CT molecular complexity index is 1670. The maximum atomic E-state index is 13.8. The van der Waals surface area contributed by atoms with Gasteiger partial charge in [-0.1, -0.05) is 72.4 Å². The van der Waals surface area contributed by atoms with E-state index in [1.54, 1.807) is 12.1 Å². The molecule has 1 fully saturated rings. The minimum Gasteiger partial charge on any atom is -0.462 e. The van der Waals surface area contributed by atoms with E-state index in [0.29, 0.717) is 37.4 Å². The lowest BCUT2D eigenvalue weighted by molar-refractivity contribution is -0.141. The van der Waals surface area contributed by atoms with Gasteiger partial charge in [-0.25, -0.2) is 9.59 Å². The number of fused-ring (bicyclic) bond motifs is 3.